The molecule has 0 atom stereocenters. The van der Waals surface area contributed by atoms with Gasteiger partial charge in [0, 0.05) is 42.7 Å². The minimum absolute atomic E-state index is 0.121. The third-order valence-electron chi connectivity index (χ3n) is 4.34. The Balaban J connectivity index is 1.77. The Hall–Kier alpha value is -3.41. The Morgan fingerprint density at radius 2 is 1.59 bits per heavy atom. The molecule has 0 spiro atoms. The van der Waals surface area contributed by atoms with E-state index in [1.807, 2.05) is 19.1 Å². The number of pyridine rings is 1. The number of nitrogens with one attached hydrogen (secondary N) is 2. The first-order chi connectivity index (χ1) is 13.0. The Kier molecular flexibility index (Phi) is 5.35. The molecule has 138 valence electrons. The summed E-state index contributed by atoms with van der Waals surface area (Å²) >= 11 is 0. The van der Waals surface area contributed by atoms with Crippen molar-refractivity contribution >= 4 is 22.6 Å². The minimum atomic E-state index is -0.255. The van der Waals surface area contributed by atoms with E-state index in [-0.39, 0.29) is 17.4 Å². The number of aryl methyl sites for hydroxylation is 1. The third-order valence-corrected chi connectivity index (χ3v) is 4.34. The molecule has 2 N–H and O–H groups in total. The van der Waals surface area contributed by atoms with Crippen LogP contribution in [0.4, 0.5) is 0 Å². The Morgan fingerprint density at radius 1 is 0.926 bits per heavy atom. The van der Waals surface area contributed by atoms with Crippen LogP contribution >= 0.6 is 0 Å². The van der Waals surface area contributed by atoms with Gasteiger partial charge < -0.3 is 15.2 Å². The van der Waals surface area contributed by atoms with Crippen molar-refractivity contribution in [2.45, 2.75) is 13.5 Å². The monoisotopic (exact) mass is 363 g/mol. The molecule has 3 aromatic rings. The van der Waals surface area contributed by atoms with Gasteiger partial charge in [-0.1, -0.05) is 30.3 Å². The van der Waals surface area contributed by atoms with E-state index in [9.17, 15) is 14.4 Å². The van der Waals surface area contributed by atoms with Gasteiger partial charge in [0.2, 0.25) is 0 Å². The van der Waals surface area contributed by atoms with E-state index in [0.29, 0.717) is 35.0 Å². The van der Waals surface area contributed by atoms with Crippen molar-refractivity contribution in [2.24, 2.45) is 7.05 Å². The number of rotatable bonds is 5. The Morgan fingerprint density at radius 3 is 2.26 bits per heavy atom. The standard InChI is InChI=1S/C21H21N3O3/c1-3-22-19(25)15-10-8-14(9-11-15)12-23-20(26)18-13-24(2)21(27)17-7-5-4-6-16(17)18/h4-11,13H,3,12H2,1-2H3,(H,22,25)(H,23,26). The summed E-state index contributed by atoms with van der Waals surface area (Å²) < 4.78 is 1.42. The van der Waals surface area contributed by atoms with Crippen LogP contribution in [0.15, 0.2) is 59.5 Å². The molecule has 0 radical (unpaired) electrons. The molecule has 0 bridgehead atoms. The molecule has 1 aromatic heterocycles. The molecule has 2 aromatic carbocycles. The maximum Gasteiger partial charge on any atom is 0.258 e. The normalized spacial score (nSPS) is 10.6. The average molecular weight is 363 g/mol. The van der Waals surface area contributed by atoms with E-state index in [2.05, 4.69) is 10.6 Å². The van der Waals surface area contributed by atoms with Crippen LogP contribution in [0.25, 0.3) is 10.8 Å². The Labute approximate surface area is 156 Å². The van der Waals surface area contributed by atoms with E-state index in [1.165, 1.54) is 4.57 Å². The zero-order valence-corrected chi connectivity index (χ0v) is 15.3. The number of amides is 2. The van der Waals surface area contributed by atoms with Gasteiger partial charge in [0.1, 0.15) is 0 Å². The molecule has 6 nitrogen and oxygen atoms in total. The molecule has 6 heteroatoms. The van der Waals surface area contributed by atoms with E-state index >= 15 is 0 Å². The lowest BCUT2D eigenvalue weighted by Crippen LogP contribution is -2.26. The highest BCUT2D eigenvalue weighted by Gasteiger charge is 2.13. The Bertz CT molecular complexity index is 1050. The maximum atomic E-state index is 12.7. The molecule has 27 heavy (non-hydrogen) atoms. The highest BCUT2D eigenvalue weighted by atomic mass is 16.2. The van der Waals surface area contributed by atoms with Crippen molar-refractivity contribution in [2.75, 3.05) is 6.54 Å². The molecule has 1 heterocycles. The smallest absolute Gasteiger partial charge is 0.258 e. The lowest BCUT2D eigenvalue weighted by atomic mass is 10.1. The lowest BCUT2D eigenvalue weighted by Gasteiger charge is -2.10. The van der Waals surface area contributed by atoms with Crippen LogP contribution in [0.1, 0.15) is 33.2 Å². The molecule has 0 aliphatic heterocycles. The summed E-state index contributed by atoms with van der Waals surface area (Å²) in [7, 11) is 1.63. The summed E-state index contributed by atoms with van der Waals surface area (Å²) in [6.45, 7) is 2.76. The van der Waals surface area contributed by atoms with Crippen molar-refractivity contribution in [3.05, 3.63) is 81.8 Å². The third kappa shape index (κ3) is 3.89. The number of carbonyl (C=O) groups excluding carboxylic acids is 2. The highest BCUT2D eigenvalue weighted by molar-refractivity contribution is 6.06. The molecule has 0 unspecified atom stereocenters. The predicted octanol–water partition coefficient (Wildman–Crippen LogP) is 2.22. The van der Waals surface area contributed by atoms with Gasteiger partial charge in [0.15, 0.2) is 0 Å². The van der Waals surface area contributed by atoms with E-state index in [0.717, 1.165) is 5.56 Å². The summed E-state index contributed by atoms with van der Waals surface area (Å²) in [5, 5.41) is 6.76. The fourth-order valence-electron chi connectivity index (χ4n) is 2.91. The van der Waals surface area contributed by atoms with Gasteiger partial charge in [-0.25, -0.2) is 0 Å². The molecule has 2 amide bonds. The number of nitrogens with zero attached hydrogens (tertiary/aromatic N) is 1. The van der Waals surface area contributed by atoms with Crippen molar-refractivity contribution in [3.8, 4) is 0 Å². The number of carbonyl (C=O) groups is 2. The zero-order valence-electron chi connectivity index (χ0n) is 15.3. The fraction of sp³-hybridized carbons (Fsp3) is 0.190. The van der Waals surface area contributed by atoms with Gasteiger partial charge in [0.25, 0.3) is 17.4 Å². The van der Waals surface area contributed by atoms with Gasteiger partial charge >= 0.3 is 0 Å². The first kappa shape index (κ1) is 18.4. The maximum absolute atomic E-state index is 12.7. The second-order valence-corrected chi connectivity index (χ2v) is 6.24. The first-order valence-corrected chi connectivity index (χ1v) is 8.75. The van der Waals surface area contributed by atoms with Crippen molar-refractivity contribution in [1.82, 2.24) is 15.2 Å². The second-order valence-electron chi connectivity index (χ2n) is 6.24. The fourth-order valence-corrected chi connectivity index (χ4v) is 2.91. The van der Waals surface area contributed by atoms with Crippen LogP contribution in [0.2, 0.25) is 0 Å². The van der Waals surface area contributed by atoms with Gasteiger partial charge in [0.05, 0.1) is 5.56 Å². The largest absolute Gasteiger partial charge is 0.352 e. The van der Waals surface area contributed by atoms with E-state index in [4.69, 9.17) is 0 Å². The minimum Gasteiger partial charge on any atom is -0.352 e. The van der Waals surface area contributed by atoms with Gasteiger partial charge in [-0.05, 0) is 30.7 Å². The second kappa shape index (κ2) is 7.86. The summed E-state index contributed by atoms with van der Waals surface area (Å²) in [5.74, 6) is -0.376. The number of aromatic nitrogens is 1. The quantitative estimate of drug-likeness (QED) is 0.729. The molecule has 0 aliphatic rings. The molecular weight excluding hydrogens is 342 g/mol. The first-order valence-electron chi connectivity index (χ1n) is 8.75. The SMILES string of the molecule is CCNC(=O)c1ccc(CNC(=O)c2cn(C)c(=O)c3ccccc23)cc1. The van der Waals surface area contributed by atoms with Crippen LogP contribution in [0.5, 0.6) is 0 Å². The number of benzene rings is 2. The molecule has 0 aliphatic carbocycles. The lowest BCUT2D eigenvalue weighted by molar-refractivity contribution is 0.0944. The van der Waals surface area contributed by atoms with Crippen LogP contribution < -0.4 is 16.2 Å². The van der Waals surface area contributed by atoms with Crippen molar-refractivity contribution < 1.29 is 9.59 Å². The van der Waals surface area contributed by atoms with E-state index in [1.54, 1.807) is 49.6 Å². The van der Waals surface area contributed by atoms with Crippen molar-refractivity contribution in [1.29, 1.82) is 0 Å². The van der Waals surface area contributed by atoms with E-state index < -0.39 is 0 Å². The number of hydrogen-bond donors (Lipinski definition) is 2. The summed E-state index contributed by atoms with van der Waals surface area (Å²) in [4.78, 5) is 36.7. The topological polar surface area (TPSA) is 80.2 Å². The number of fused-ring (bicyclic) bond motifs is 1. The van der Waals surface area contributed by atoms with Crippen LogP contribution in [-0.4, -0.2) is 22.9 Å². The molecular formula is C21H21N3O3. The van der Waals surface area contributed by atoms with Crippen LogP contribution in [-0.2, 0) is 13.6 Å². The molecule has 0 saturated carbocycles. The van der Waals surface area contributed by atoms with Crippen LogP contribution in [0, 0.1) is 0 Å². The van der Waals surface area contributed by atoms with Crippen LogP contribution in [0.3, 0.4) is 0 Å². The average Bonchev–Trinajstić information content (AvgIpc) is 2.69. The number of hydrogen-bond acceptors (Lipinski definition) is 3. The van der Waals surface area contributed by atoms with Gasteiger partial charge in [-0.15, -0.1) is 0 Å². The molecule has 3 rings (SSSR count). The van der Waals surface area contributed by atoms with Gasteiger partial charge in [-0.2, -0.15) is 0 Å². The summed E-state index contributed by atoms with van der Waals surface area (Å²) in [6, 6.07) is 14.2. The summed E-state index contributed by atoms with van der Waals surface area (Å²) in [5.41, 5.74) is 1.77. The molecule has 0 fully saturated rings. The van der Waals surface area contributed by atoms with Crippen molar-refractivity contribution in [3.63, 3.8) is 0 Å². The highest BCUT2D eigenvalue weighted by Crippen LogP contribution is 2.15. The van der Waals surface area contributed by atoms with Gasteiger partial charge in [-0.3, -0.25) is 14.4 Å². The zero-order chi connectivity index (χ0) is 19.4. The summed E-state index contributed by atoms with van der Waals surface area (Å²) in [6.07, 6.45) is 1.55. The predicted molar refractivity (Wildman–Crippen MR) is 105 cm³/mol. The molecule has 0 saturated heterocycles.